The van der Waals surface area contributed by atoms with E-state index in [1.807, 2.05) is 25.2 Å². The molecule has 6 nitrogen and oxygen atoms in total. The number of piperidine rings is 1. The highest BCUT2D eigenvalue weighted by Crippen LogP contribution is 2.19. The van der Waals surface area contributed by atoms with Gasteiger partial charge < -0.3 is 4.90 Å². The van der Waals surface area contributed by atoms with Crippen LogP contribution in [0.25, 0.3) is 0 Å². The molecule has 1 aliphatic rings. The zero-order valence-corrected chi connectivity index (χ0v) is 16.2. The number of carbonyl (C=O) groups is 1. The Bertz CT molecular complexity index is 882. The Morgan fingerprint density at radius 1 is 1.15 bits per heavy atom. The van der Waals surface area contributed by atoms with Crippen LogP contribution in [0.15, 0.2) is 59.5 Å². The minimum absolute atomic E-state index is 0.00778. The Morgan fingerprint density at radius 3 is 2.44 bits per heavy atom. The molecule has 2 N–H and O–H groups in total. The molecule has 7 heteroatoms. The van der Waals surface area contributed by atoms with Gasteiger partial charge in [-0.05, 0) is 49.2 Å². The Kier molecular flexibility index (Phi) is 5.94. The molecule has 2 aromatic rings. The number of nitrogens with two attached hydrogens (primary N) is 1. The third-order valence-electron chi connectivity index (χ3n) is 5.03. The van der Waals surface area contributed by atoms with E-state index in [2.05, 4.69) is 17.0 Å². The maximum Gasteiger partial charge on any atom is 0.253 e. The summed E-state index contributed by atoms with van der Waals surface area (Å²) < 4.78 is 22.7. The van der Waals surface area contributed by atoms with E-state index in [9.17, 15) is 13.2 Å². The predicted octanol–water partition coefficient (Wildman–Crippen LogP) is 2.07. The lowest BCUT2D eigenvalue weighted by molar-refractivity contribution is 0.0609. The topological polar surface area (TPSA) is 83.7 Å². The number of carbonyl (C=O) groups excluding carboxylic acids is 1. The number of primary sulfonamides is 1. The van der Waals surface area contributed by atoms with Gasteiger partial charge in [0.25, 0.3) is 5.91 Å². The number of amides is 1. The summed E-state index contributed by atoms with van der Waals surface area (Å²) in [6.07, 6.45) is 2.00. The summed E-state index contributed by atoms with van der Waals surface area (Å²) >= 11 is 0. The number of likely N-dealkylation sites (N-methyl/N-ethyl adjacent to an activating group) is 1. The number of hydrogen-bond donors (Lipinski definition) is 1. The fourth-order valence-electron chi connectivity index (χ4n) is 3.49. The minimum Gasteiger partial charge on any atom is -0.337 e. The van der Waals surface area contributed by atoms with E-state index >= 15 is 0 Å². The van der Waals surface area contributed by atoms with Crippen LogP contribution in [-0.4, -0.2) is 50.3 Å². The van der Waals surface area contributed by atoms with Crippen molar-refractivity contribution in [1.82, 2.24) is 9.80 Å². The quantitative estimate of drug-likeness (QED) is 0.851. The van der Waals surface area contributed by atoms with Crippen LogP contribution in [0.5, 0.6) is 0 Å². The highest BCUT2D eigenvalue weighted by atomic mass is 32.2. The summed E-state index contributed by atoms with van der Waals surface area (Å²) in [5.74, 6) is -0.109. The first-order valence-electron chi connectivity index (χ1n) is 9.01. The van der Waals surface area contributed by atoms with Crippen LogP contribution >= 0.6 is 0 Å². The Labute approximate surface area is 160 Å². The SMILES string of the molecule is CN(C(=O)c1ccc(S(N)(=O)=O)cc1)C1CCCN(Cc2ccccc2)C1. The molecular weight excluding hydrogens is 362 g/mol. The molecule has 2 aromatic carbocycles. The fourth-order valence-corrected chi connectivity index (χ4v) is 4.00. The lowest BCUT2D eigenvalue weighted by Crippen LogP contribution is -2.48. The van der Waals surface area contributed by atoms with Gasteiger partial charge in [0.2, 0.25) is 10.0 Å². The van der Waals surface area contributed by atoms with Gasteiger partial charge in [-0.3, -0.25) is 9.69 Å². The van der Waals surface area contributed by atoms with E-state index in [4.69, 9.17) is 5.14 Å². The molecule has 144 valence electrons. The van der Waals surface area contributed by atoms with Crippen LogP contribution in [0.1, 0.15) is 28.8 Å². The van der Waals surface area contributed by atoms with Crippen molar-refractivity contribution in [1.29, 1.82) is 0 Å². The lowest BCUT2D eigenvalue weighted by Gasteiger charge is -2.37. The second-order valence-electron chi connectivity index (χ2n) is 7.00. The third kappa shape index (κ3) is 4.94. The van der Waals surface area contributed by atoms with Crippen LogP contribution in [-0.2, 0) is 16.6 Å². The number of likely N-dealkylation sites (tertiary alicyclic amines) is 1. The normalized spacial score (nSPS) is 18.2. The Morgan fingerprint density at radius 2 is 1.81 bits per heavy atom. The van der Waals surface area contributed by atoms with Crippen LogP contribution in [0.2, 0.25) is 0 Å². The van der Waals surface area contributed by atoms with E-state index in [0.717, 1.165) is 32.5 Å². The van der Waals surface area contributed by atoms with Crippen molar-refractivity contribution >= 4 is 15.9 Å². The van der Waals surface area contributed by atoms with Gasteiger partial charge in [-0.2, -0.15) is 0 Å². The molecule has 0 aliphatic carbocycles. The van der Waals surface area contributed by atoms with Crippen LogP contribution in [0, 0.1) is 0 Å². The van der Waals surface area contributed by atoms with Gasteiger partial charge in [0, 0.05) is 31.7 Å². The molecule has 1 aliphatic heterocycles. The molecule has 0 spiro atoms. The van der Waals surface area contributed by atoms with Gasteiger partial charge in [-0.25, -0.2) is 13.6 Å². The van der Waals surface area contributed by atoms with E-state index in [-0.39, 0.29) is 16.8 Å². The maximum absolute atomic E-state index is 12.8. The summed E-state index contributed by atoms with van der Waals surface area (Å²) in [5.41, 5.74) is 1.73. The van der Waals surface area contributed by atoms with Crippen molar-refractivity contribution in [2.45, 2.75) is 30.3 Å². The first-order valence-corrected chi connectivity index (χ1v) is 10.6. The lowest BCUT2D eigenvalue weighted by atomic mass is 10.0. The molecule has 1 heterocycles. The number of rotatable bonds is 5. The highest BCUT2D eigenvalue weighted by molar-refractivity contribution is 7.89. The van der Waals surface area contributed by atoms with E-state index < -0.39 is 10.0 Å². The summed E-state index contributed by atoms with van der Waals surface area (Å²) in [6, 6.07) is 16.2. The molecule has 1 fully saturated rings. The molecule has 0 radical (unpaired) electrons. The largest absolute Gasteiger partial charge is 0.337 e. The average molecular weight is 388 g/mol. The van der Waals surface area contributed by atoms with Crippen molar-refractivity contribution < 1.29 is 13.2 Å². The second-order valence-corrected chi connectivity index (χ2v) is 8.56. The first-order chi connectivity index (χ1) is 12.8. The molecule has 3 rings (SSSR count). The summed E-state index contributed by atoms with van der Waals surface area (Å²) in [5, 5.41) is 5.11. The van der Waals surface area contributed by atoms with Gasteiger partial charge in [0.1, 0.15) is 0 Å². The fraction of sp³-hybridized carbons (Fsp3) is 0.350. The monoisotopic (exact) mass is 387 g/mol. The molecule has 1 atom stereocenters. The summed E-state index contributed by atoms with van der Waals surface area (Å²) in [6.45, 7) is 2.73. The Balaban J connectivity index is 1.65. The average Bonchev–Trinajstić information content (AvgIpc) is 2.67. The molecule has 1 amide bonds. The van der Waals surface area contributed by atoms with Crippen molar-refractivity contribution in [3.63, 3.8) is 0 Å². The van der Waals surface area contributed by atoms with Gasteiger partial charge >= 0.3 is 0 Å². The van der Waals surface area contributed by atoms with Crippen LogP contribution in [0.3, 0.4) is 0 Å². The maximum atomic E-state index is 12.8. The number of sulfonamides is 1. The van der Waals surface area contributed by atoms with Gasteiger partial charge in [0.05, 0.1) is 4.90 Å². The van der Waals surface area contributed by atoms with E-state index in [1.54, 1.807) is 4.90 Å². The third-order valence-corrected chi connectivity index (χ3v) is 5.96. The molecule has 1 unspecified atom stereocenters. The van der Waals surface area contributed by atoms with Crippen LogP contribution in [0.4, 0.5) is 0 Å². The predicted molar refractivity (Wildman–Crippen MR) is 105 cm³/mol. The van der Waals surface area contributed by atoms with Crippen molar-refractivity contribution in [3.05, 3.63) is 65.7 Å². The molecule has 0 aromatic heterocycles. The van der Waals surface area contributed by atoms with Crippen molar-refractivity contribution in [3.8, 4) is 0 Å². The van der Waals surface area contributed by atoms with Gasteiger partial charge in [-0.1, -0.05) is 30.3 Å². The summed E-state index contributed by atoms with van der Waals surface area (Å²) in [7, 11) is -1.94. The van der Waals surface area contributed by atoms with Gasteiger partial charge in [-0.15, -0.1) is 0 Å². The summed E-state index contributed by atoms with van der Waals surface area (Å²) in [4.78, 5) is 16.9. The zero-order valence-electron chi connectivity index (χ0n) is 15.4. The second kappa shape index (κ2) is 8.21. The smallest absolute Gasteiger partial charge is 0.253 e. The molecule has 0 bridgehead atoms. The highest BCUT2D eigenvalue weighted by Gasteiger charge is 2.26. The van der Waals surface area contributed by atoms with Crippen LogP contribution < -0.4 is 5.14 Å². The minimum atomic E-state index is -3.75. The zero-order chi connectivity index (χ0) is 19.4. The van der Waals surface area contributed by atoms with E-state index in [1.165, 1.54) is 29.8 Å². The first kappa shape index (κ1) is 19.5. The molecule has 1 saturated heterocycles. The van der Waals surface area contributed by atoms with Gasteiger partial charge in [0.15, 0.2) is 0 Å². The Hall–Kier alpha value is -2.22. The van der Waals surface area contributed by atoms with E-state index in [0.29, 0.717) is 5.56 Å². The standard InChI is InChI=1S/C20H25N3O3S/c1-22(20(24)17-9-11-19(12-10-17)27(21,25)26)18-8-5-13-23(15-18)14-16-6-3-2-4-7-16/h2-4,6-7,9-12,18H,5,8,13-15H2,1H3,(H2,21,25,26). The number of nitrogens with zero attached hydrogens (tertiary/aromatic N) is 2. The molecule has 27 heavy (non-hydrogen) atoms. The van der Waals surface area contributed by atoms with Crippen molar-refractivity contribution in [2.75, 3.05) is 20.1 Å². The van der Waals surface area contributed by atoms with Crippen molar-refractivity contribution in [2.24, 2.45) is 5.14 Å². The number of benzene rings is 2. The molecule has 0 saturated carbocycles. The number of hydrogen-bond acceptors (Lipinski definition) is 4. The molecular formula is C20H25N3O3S.